The molecule has 0 atom stereocenters. The van der Waals surface area contributed by atoms with Crippen molar-refractivity contribution in [2.24, 2.45) is 7.05 Å². The summed E-state index contributed by atoms with van der Waals surface area (Å²) in [5.41, 5.74) is 1.45. The number of ether oxygens (including phenoxy) is 1. The predicted octanol–water partition coefficient (Wildman–Crippen LogP) is 4.14. The van der Waals surface area contributed by atoms with Crippen LogP contribution in [-0.2, 0) is 13.5 Å². The molecule has 0 unspecified atom stereocenters. The molecular formula is C14H16BrN3O3. The number of hydrogen-bond donors (Lipinski definition) is 0. The Labute approximate surface area is 131 Å². The predicted molar refractivity (Wildman–Crippen MR) is 82.8 cm³/mol. The molecule has 0 aliphatic carbocycles. The first-order chi connectivity index (χ1) is 9.93. The second kappa shape index (κ2) is 6.26. The Hall–Kier alpha value is -1.89. The number of aromatic nitrogens is 2. The maximum absolute atomic E-state index is 11.3. The molecule has 7 heteroatoms. The van der Waals surface area contributed by atoms with E-state index in [-0.39, 0.29) is 11.6 Å². The molecule has 1 aromatic heterocycles. The highest BCUT2D eigenvalue weighted by Crippen LogP contribution is 2.37. The number of nitrogens with zero attached hydrogens (tertiary/aromatic N) is 3. The van der Waals surface area contributed by atoms with Crippen LogP contribution in [0.5, 0.6) is 11.6 Å². The van der Waals surface area contributed by atoms with Gasteiger partial charge in [-0.05, 0) is 47.0 Å². The second-order valence-electron chi connectivity index (χ2n) is 4.77. The fourth-order valence-corrected chi connectivity index (χ4v) is 2.62. The molecule has 112 valence electrons. The maximum atomic E-state index is 11.3. The van der Waals surface area contributed by atoms with Crippen molar-refractivity contribution in [2.75, 3.05) is 0 Å². The number of benzene rings is 1. The summed E-state index contributed by atoms with van der Waals surface area (Å²) in [5.74, 6) is 0.669. The molecule has 0 saturated carbocycles. The van der Waals surface area contributed by atoms with Crippen LogP contribution < -0.4 is 4.74 Å². The highest BCUT2D eigenvalue weighted by atomic mass is 79.9. The maximum Gasteiger partial charge on any atom is 0.353 e. The summed E-state index contributed by atoms with van der Waals surface area (Å²) >= 11 is 3.40. The van der Waals surface area contributed by atoms with Crippen molar-refractivity contribution in [3.63, 3.8) is 0 Å². The highest BCUT2D eigenvalue weighted by molar-refractivity contribution is 9.10. The Morgan fingerprint density at radius 2 is 2.19 bits per heavy atom. The fraction of sp³-hybridized carbons (Fsp3) is 0.357. The van der Waals surface area contributed by atoms with E-state index in [1.807, 2.05) is 26.0 Å². The van der Waals surface area contributed by atoms with Gasteiger partial charge in [-0.1, -0.05) is 19.4 Å². The van der Waals surface area contributed by atoms with Gasteiger partial charge in [0.1, 0.15) is 11.4 Å². The van der Waals surface area contributed by atoms with Crippen LogP contribution in [0, 0.1) is 17.0 Å². The van der Waals surface area contributed by atoms with Gasteiger partial charge >= 0.3 is 5.69 Å². The topological polar surface area (TPSA) is 70.2 Å². The van der Waals surface area contributed by atoms with Crippen LogP contribution in [0.1, 0.15) is 24.6 Å². The lowest BCUT2D eigenvalue weighted by molar-refractivity contribution is -0.386. The average Bonchev–Trinajstić information content (AvgIpc) is 2.69. The third kappa shape index (κ3) is 3.24. The van der Waals surface area contributed by atoms with Crippen LogP contribution in [0.25, 0.3) is 0 Å². The zero-order valence-electron chi connectivity index (χ0n) is 12.1. The SMILES string of the molecule is CCCc1nn(C)c(Oc2ccc(C)cc2Br)c1[N+](=O)[O-]. The third-order valence-corrected chi connectivity index (χ3v) is 3.62. The molecule has 0 radical (unpaired) electrons. The van der Waals surface area contributed by atoms with Crippen LogP contribution in [0.2, 0.25) is 0 Å². The van der Waals surface area contributed by atoms with Crippen LogP contribution in [0.3, 0.4) is 0 Å². The molecule has 2 rings (SSSR count). The number of aryl methyl sites for hydroxylation is 3. The number of hydrogen-bond acceptors (Lipinski definition) is 4. The van der Waals surface area contributed by atoms with Gasteiger partial charge in [0.15, 0.2) is 0 Å². The minimum Gasteiger partial charge on any atom is -0.433 e. The summed E-state index contributed by atoms with van der Waals surface area (Å²) in [6, 6.07) is 5.55. The summed E-state index contributed by atoms with van der Waals surface area (Å²) in [4.78, 5) is 10.9. The molecule has 0 spiro atoms. The summed E-state index contributed by atoms with van der Waals surface area (Å²) in [7, 11) is 1.64. The molecule has 0 aliphatic rings. The van der Waals surface area contributed by atoms with Crippen molar-refractivity contribution >= 4 is 21.6 Å². The van der Waals surface area contributed by atoms with Crippen molar-refractivity contribution in [1.29, 1.82) is 0 Å². The number of nitro groups is 1. The van der Waals surface area contributed by atoms with E-state index in [2.05, 4.69) is 21.0 Å². The Bertz CT molecular complexity index is 682. The first-order valence-corrected chi connectivity index (χ1v) is 7.37. The minimum atomic E-state index is -0.435. The molecule has 0 amide bonds. The van der Waals surface area contributed by atoms with Crippen LogP contribution in [0.4, 0.5) is 5.69 Å². The van der Waals surface area contributed by atoms with Crippen molar-refractivity contribution in [2.45, 2.75) is 26.7 Å². The largest absolute Gasteiger partial charge is 0.433 e. The van der Waals surface area contributed by atoms with E-state index in [0.29, 0.717) is 17.9 Å². The molecule has 0 fully saturated rings. The van der Waals surface area contributed by atoms with Gasteiger partial charge in [0.05, 0.1) is 9.40 Å². The van der Waals surface area contributed by atoms with Gasteiger partial charge in [-0.3, -0.25) is 10.1 Å². The van der Waals surface area contributed by atoms with E-state index in [4.69, 9.17) is 4.74 Å². The van der Waals surface area contributed by atoms with Gasteiger partial charge in [-0.2, -0.15) is 5.10 Å². The number of rotatable bonds is 5. The van der Waals surface area contributed by atoms with E-state index in [1.54, 1.807) is 13.1 Å². The molecule has 0 aliphatic heterocycles. The lowest BCUT2D eigenvalue weighted by atomic mass is 10.2. The molecular weight excluding hydrogens is 338 g/mol. The minimum absolute atomic E-state index is 0.0631. The van der Waals surface area contributed by atoms with Crippen LogP contribution in [-0.4, -0.2) is 14.7 Å². The summed E-state index contributed by atoms with van der Waals surface area (Å²) in [6.45, 7) is 3.91. The normalized spacial score (nSPS) is 10.7. The van der Waals surface area contributed by atoms with Crippen LogP contribution in [0.15, 0.2) is 22.7 Å². The van der Waals surface area contributed by atoms with E-state index in [1.165, 1.54) is 4.68 Å². The quantitative estimate of drug-likeness (QED) is 0.598. The third-order valence-electron chi connectivity index (χ3n) is 3.00. The van der Waals surface area contributed by atoms with Crippen LogP contribution >= 0.6 is 15.9 Å². The van der Waals surface area contributed by atoms with Crippen molar-refractivity contribution in [1.82, 2.24) is 9.78 Å². The van der Waals surface area contributed by atoms with Crippen molar-refractivity contribution < 1.29 is 9.66 Å². The van der Waals surface area contributed by atoms with Gasteiger partial charge in [0.2, 0.25) is 0 Å². The number of halogens is 1. The second-order valence-corrected chi connectivity index (χ2v) is 5.62. The standard InChI is InChI=1S/C14H16BrN3O3/c1-4-5-11-13(18(19)20)14(17(3)16-11)21-12-7-6-9(2)8-10(12)15/h6-8H,4-5H2,1-3H3. The van der Waals surface area contributed by atoms with E-state index in [9.17, 15) is 10.1 Å². The molecule has 1 aromatic carbocycles. The fourth-order valence-electron chi connectivity index (χ4n) is 2.05. The van der Waals surface area contributed by atoms with Crippen molar-refractivity contribution in [3.8, 4) is 11.6 Å². The Morgan fingerprint density at radius 3 is 2.76 bits per heavy atom. The van der Waals surface area contributed by atoms with Crippen molar-refractivity contribution in [3.05, 3.63) is 44.0 Å². The smallest absolute Gasteiger partial charge is 0.353 e. The van der Waals surface area contributed by atoms with Gasteiger partial charge in [0.25, 0.3) is 5.88 Å². The molecule has 6 nitrogen and oxygen atoms in total. The molecule has 0 saturated heterocycles. The van der Waals surface area contributed by atoms with E-state index in [0.717, 1.165) is 16.5 Å². The van der Waals surface area contributed by atoms with Gasteiger partial charge in [-0.15, -0.1) is 0 Å². The molecule has 2 aromatic rings. The lowest BCUT2D eigenvalue weighted by Gasteiger charge is -2.07. The molecule has 21 heavy (non-hydrogen) atoms. The molecule has 0 N–H and O–H groups in total. The Kier molecular flexibility index (Phi) is 4.62. The van der Waals surface area contributed by atoms with Gasteiger partial charge < -0.3 is 4.74 Å². The van der Waals surface area contributed by atoms with Gasteiger partial charge in [-0.25, -0.2) is 4.68 Å². The Balaban J connectivity index is 2.45. The lowest BCUT2D eigenvalue weighted by Crippen LogP contribution is -1.98. The zero-order valence-corrected chi connectivity index (χ0v) is 13.7. The van der Waals surface area contributed by atoms with Gasteiger partial charge in [0, 0.05) is 7.05 Å². The first-order valence-electron chi connectivity index (χ1n) is 6.58. The Morgan fingerprint density at radius 1 is 1.48 bits per heavy atom. The monoisotopic (exact) mass is 353 g/mol. The highest BCUT2D eigenvalue weighted by Gasteiger charge is 2.28. The first kappa shape index (κ1) is 15.5. The summed E-state index contributed by atoms with van der Waals surface area (Å²) < 4.78 is 7.88. The van der Waals surface area contributed by atoms with E-state index < -0.39 is 4.92 Å². The van der Waals surface area contributed by atoms with E-state index >= 15 is 0 Å². The summed E-state index contributed by atoms with van der Waals surface area (Å²) in [5, 5.41) is 15.5. The summed E-state index contributed by atoms with van der Waals surface area (Å²) in [6.07, 6.45) is 1.33. The molecule has 0 bridgehead atoms. The zero-order chi connectivity index (χ0) is 15.6. The average molecular weight is 354 g/mol. The molecule has 1 heterocycles.